The molecule has 0 unspecified atom stereocenters. The molecule has 5 heteroatoms. The van der Waals surface area contributed by atoms with Crippen LogP contribution in [0.3, 0.4) is 0 Å². The summed E-state index contributed by atoms with van der Waals surface area (Å²) in [7, 11) is 0. The average molecular weight is 341 g/mol. The van der Waals surface area contributed by atoms with Crippen molar-refractivity contribution in [3.63, 3.8) is 0 Å². The van der Waals surface area contributed by atoms with Crippen LogP contribution in [0.4, 0.5) is 8.78 Å². The van der Waals surface area contributed by atoms with Crippen LogP contribution in [0.2, 0.25) is 0 Å². The molecule has 1 heterocycles. The van der Waals surface area contributed by atoms with Crippen molar-refractivity contribution in [2.24, 2.45) is 0 Å². The Bertz CT molecular complexity index is 959. The Morgan fingerprint density at radius 2 is 1.96 bits per heavy atom. The molecule has 1 saturated carbocycles. The van der Waals surface area contributed by atoms with Gasteiger partial charge in [-0.3, -0.25) is 4.79 Å². The van der Waals surface area contributed by atoms with E-state index < -0.39 is 0 Å². The first-order valence-electron chi connectivity index (χ1n) is 8.27. The van der Waals surface area contributed by atoms with Gasteiger partial charge in [0.2, 0.25) is 0 Å². The van der Waals surface area contributed by atoms with Gasteiger partial charge in [-0.2, -0.15) is 0 Å². The summed E-state index contributed by atoms with van der Waals surface area (Å²) >= 11 is 0. The zero-order valence-electron chi connectivity index (χ0n) is 13.8. The van der Waals surface area contributed by atoms with Crippen LogP contribution in [0.15, 0.2) is 46.9 Å². The molecule has 1 aliphatic carbocycles. The van der Waals surface area contributed by atoms with Crippen molar-refractivity contribution in [1.29, 1.82) is 0 Å². The van der Waals surface area contributed by atoms with E-state index >= 15 is 0 Å². The number of hydrogen-bond donors (Lipinski definition) is 0. The Morgan fingerprint density at radius 1 is 1.20 bits per heavy atom. The van der Waals surface area contributed by atoms with Gasteiger partial charge in [0.15, 0.2) is 5.76 Å². The molecule has 0 spiro atoms. The number of carbonyl (C=O) groups is 1. The zero-order chi connectivity index (χ0) is 17.6. The van der Waals surface area contributed by atoms with E-state index in [1.54, 1.807) is 30.0 Å². The minimum atomic E-state index is -0.374. The Morgan fingerprint density at radius 3 is 2.68 bits per heavy atom. The normalized spacial score (nSPS) is 14.0. The fourth-order valence-electron chi connectivity index (χ4n) is 3.09. The van der Waals surface area contributed by atoms with Gasteiger partial charge in [0.1, 0.15) is 17.2 Å². The summed E-state index contributed by atoms with van der Waals surface area (Å²) in [5.41, 5.74) is 1.56. The molecular weight excluding hydrogens is 324 g/mol. The minimum Gasteiger partial charge on any atom is -0.451 e. The summed E-state index contributed by atoms with van der Waals surface area (Å²) in [4.78, 5) is 14.7. The van der Waals surface area contributed by atoms with E-state index in [0.717, 1.165) is 12.8 Å². The molecular formula is C20H17F2NO2. The number of hydrogen-bond acceptors (Lipinski definition) is 2. The van der Waals surface area contributed by atoms with Gasteiger partial charge in [-0.05, 0) is 44.0 Å². The fourth-order valence-corrected chi connectivity index (χ4v) is 3.09. The molecule has 25 heavy (non-hydrogen) atoms. The molecule has 0 radical (unpaired) electrons. The number of amides is 1. The number of carbonyl (C=O) groups excluding carboxylic acids is 1. The lowest BCUT2D eigenvalue weighted by molar-refractivity contribution is 0.0697. The first-order valence-corrected chi connectivity index (χ1v) is 8.27. The molecule has 128 valence electrons. The maximum atomic E-state index is 14.0. The van der Waals surface area contributed by atoms with Crippen LogP contribution in [0.1, 0.15) is 34.5 Å². The Balaban J connectivity index is 1.70. The number of nitrogens with zero attached hydrogens (tertiary/aromatic N) is 1. The lowest BCUT2D eigenvalue weighted by Crippen LogP contribution is -2.33. The molecule has 0 N–H and O–H groups in total. The molecule has 4 rings (SSSR count). The molecule has 0 bridgehead atoms. The number of halogens is 2. The first-order chi connectivity index (χ1) is 12.0. The van der Waals surface area contributed by atoms with Gasteiger partial charge in [0, 0.05) is 29.1 Å². The topological polar surface area (TPSA) is 33.5 Å². The van der Waals surface area contributed by atoms with E-state index in [-0.39, 0.29) is 35.9 Å². The van der Waals surface area contributed by atoms with E-state index in [0.29, 0.717) is 22.1 Å². The molecule has 0 atom stereocenters. The molecule has 1 aliphatic rings. The van der Waals surface area contributed by atoms with Crippen LogP contribution < -0.4 is 0 Å². The van der Waals surface area contributed by atoms with Crippen LogP contribution in [-0.4, -0.2) is 16.8 Å². The third-order valence-corrected chi connectivity index (χ3v) is 4.64. The first kappa shape index (κ1) is 15.8. The predicted molar refractivity (Wildman–Crippen MR) is 90.2 cm³/mol. The summed E-state index contributed by atoms with van der Waals surface area (Å²) in [6, 6.07) is 10.7. The van der Waals surface area contributed by atoms with Crippen LogP contribution in [0.25, 0.3) is 11.0 Å². The molecule has 0 aliphatic heterocycles. The van der Waals surface area contributed by atoms with Crippen LogP contribution in [0, 0.1) is 18.6 Å². The molecule has 3 aromatic rings. The van der Waals surface area contributed by atoms with Crippen molar-refractivity contribution >= 4 is 16.9 Å². The second-order valence-corrected chi connectivity index (χ2v) is 6.45. The molecule has 2 aromatic carbocycles. The lowest BCUT2D eigenvalue weighted by atomic mass is 10.1. The van der Waals surface area contributed by atoms with Crippen molar-refractivity contribution in [3.05, 3.63) is 71.0 Å². The smallest absolute Gasteiger partial charge is 0.290 e. The highest BCUT2D eigenvalue weighted by Gasteiger charge is 2.35. The van der Waals surface area contributed by atoms with E-state index in [9.17, 15) is 13.6 Å². The minimum absolute atomic E-state index is 0.0939. The maximum absolute atomic E-state index is 14.0. The second-order valence-electron chi connectivity index (χ2n) is 6.45. The average Bonchev–Trinajstić information content (AvgIpc) is 3.39. The molecule has 1 aromatic heterocycles. The quantitative estimate of drug-likeness (QED) is 0.681. The Kier molecular flexibility index (Phi) is 3.79. The van der Waals surface area contributed by atoms with E-state index in [1.165, 1.54) is 24.3 Å². The summed E-state index contributed by atoms with van der Waals surface area (Å²) in [5.74, 6) is -0.783. The summed E-state index contributed by atoms with van der Waals surface area (Å²) < 4.78 is 33.2. The summed E-state index contributed by atoms with van der Waals surface area (Å²) in [6.07, 6.45) is 1.79. The van der Waals surface area contributed by atoms with Gasteiger partial charge < -0.3 is 9.32 Å². The second kappa shape index (κ2) is 5.99. The Labute approximate surface area is 143 Å². The number of benzene rings is 2. The highest BCUT2D eigenvalue weighted by atomic mass is 19.1. The lowest BCUT2D eigenvalue weighted by Gasteiger charge is -2.22. The van der Waals surface area contributed by atoms with Gasteiger partial charge in [0.25, 0.3) is 5.91 Å². The SMILES string of the molecule is Cc1c(C(=O)N(Cc2ccccc2F)C2CC2)oc2ccc(F)cc12. The van der Waals surface area contributed by atoms with E-state index in [2.05, 4.69) is 0 Å². The number of fused-ring (bicyclic) bond motifs is 1. The maximum Gasteiger partial charge on any atom is 0.290 e. The molecule has 0 saturated heterocycles. The Hall–Kier alpha value is -2.69. The van der Waals surface area contributed by atoms with Gasteiger partial charge in [-0.25, -0.2) is 8.78 Å². The fraction of sp³-hybridized carbons (Fsp3) is 0.250. The van der Waals surface area contributed by atoms with Crippen LogP contribution in [-0.2, 0) is 6.54 Å². The van der Waals surface area contributed by atoms with Crippen molar-refractivity contribution in [1.82, 2.24) is 4.90 Å². The third kappa shape index (κ3) is 2.90. The third-order valence-electron chi connectivity index (χ3n) is 4.64. The highest BCUT2D eigenvalue weighted by Crippen LogP contribution is 2.33. The summed E-state index contributed by atoms with van der Waals surface area (Å²) in [5, 5.41) is 0.588. The van der Waals surface area contributed by atoms with Gasteiger partial charge in [0.05, 0.1) is 0 Å². The number of furan rings is 1. The zero-order valence-corrected chi connectivity index (χ0v) is 13.8. The van der Waals surface area contributed by atoms with Gasteiger partial charge >= 0.3 is 0 Å². The molecule has 1 fully saturated rings. The van der Waals surface area contributed by atoms with Crippen molar-refractivity contribution in [2.45, 2.75) is 32.4 Å². The van der Waals surface area contributed by atoms with Crippen LogP contribution >= 0.6 is 0 Å². The van der Waals surface area contributed by atoms with E-state index in [1.807, 2.05) is 0 Å². The van der Waals surface area contributed by atoms with Crippen molar-refractivity contribution < 1.29 is 18.0 Å². The highest BCUT2D eigenvalue weighted by molar-refractivity contribution is 5.99. The monoisotopic (exact) mass is 341 g/mol. The predicted octanol–water partition coefficient (Wildman–Crippen LogP) is 4.82. The number of aryl methyl sites for hydroxylation is 1. The van der Waals surface area contributed by atoms with Gasteiger partial charge in [-0.1, -0.05) is 18.2 Å². The van der Waals surface area contributed by atoms with Gasteiger partial charge in [-0.15, -0.1) is 0 Å². The molecule has 3 nitrogen and oxygen atoms in total. The standard InChI is InChI=1S/C20H17F2NO2/c1-12-16-10-14(21)6-9-18(16)25-19(12)20(24)23(15-7-8-15)11-13-4-2-3-5-17(13)22/h2-6,9-10,15H,7-8,11H2,1H3. The van der Waals surface area contributed by atoms with E-state index in [4.69, 9.17) is 4.42 Å². The molecule has 1 amide bonds. The van der Waals surface area contributed by atoms with Crippen molar-refractivity contribution in [3.8, 4) is 0 Å². The van der Waals surface area contributed by atoms with Crippen molar-refractivity contribution in [2.75, 3.05) is 0 Å². The summed E-state index contributed by atoms with van der Waals surface area (Å²) in [6.45, 7) is 1.94. The largest absolute Gasteiger partial charge is 0.451 e. The number of rotatable bonds is 4. The van der Waals surface area contributed by atoms with Crippen LogP contribution in [0.5, 0.6) is 0 Å².